The summed E-state index contributed by atoms with van der Waals surface area (Å²) in [5, 5.41) is 4.78. The summed E-state index contributed by atoms with van der Waals surface area (Å²) in [6.45, 7) is 2.72. The van der Waals surface area contributed by atoms with Crippen LogP contribution in [0.15, 0.2) is 34.4 Å². The SMILES string of the molecule is COc1cc(C)n(CCNC(=O)Cc2cccs2)c(=O)c1. The number of hydrogen-bond acceptors (Lipinski definition) is 4. The number of aromatic nitrogens is 1. The summed E-state index contributed by atoms with van der Waals surface area (Å²) in [6, 6.07) is 7.10. The Bertz CT molecular complexity index is 662. The largest absolute Gasteiger partial charge is 0.496 e. The van der Waals surface area contributed by atoms with E-state index in [1.54, 1.807) is 22.0 Å². The minimum absolute atomic E-state index is 0.0309. The maximum absolute atomic E-state index is 11.9. The van der Waals surface area contributed by atoms with Crippen LogP contribution in [0.1, 0.15) is 10.6 Å². The number of carbonyl (C=O) groups is 1. The molecule has 0 fully saturated rings. The molecule has 2 rings (SSSR count). The first-order valence-corrected chi connectivity index (χ1v) is 7.52. The lowest BCUT2D eigenvalue weighted by Crippen LogP contribution is -2.32. The minimum atomic E-state index is -0.126. The summed E-state index contributed by atoms with van der Waals surface area (Å²) in [5.74, 6) is 0.521. The molecule has 6 heteroatoms. The van der Waals surface area contributed by atoms with Gasteiger partial charge in [-0.05, 0) is 24.4 Å². The maximum Gasteiger partial charge on any atom is 0.254 e. The molecule has 0 bridgehead atoms. The number of carbonyl (C=O) groups excluding carboxylic acids is 1. The van der Waals surface area contributed by atoms with E-state index in [0.29, 0.717) is 25.3 Å². The van der Waals surface area contributed by atoms with Crippen molar-refractivity contribution in [2.24, 2.45) is 0 Å². The third-order valence-corrected chi connectivity index (χ3v) is 3.99. The molecule has 5 nitrogen and oxygen atoms in total. The zero-order valence-electron chi connectivity index (χ0n) is 12.1. The third-order valence-electron chi connectivity index (χ3n) is 3.12. The Morgan fingerprint density at radius 2 is 2.24 bits per heavy atom. The van der Waals surface area contributed by atoms with Crippen LogP contribution >= 0.6 is 11.3 Å². The Morgan fingerprint density at radius 3 is 2.86 bits per heavy atom. The zero-order chi connectivity index (χ0) is 15.2. The summed E-state index contributed by atoms with van der Waals surface area (Å²) in [7, 11) is 1.53. The molecule has 112 valence electrons. The molecule has 0 aliphatic rings. The summed E-state index contributed by atoms with van der Waals surface area (Å²) >= 11 is 1.56. The van der Waals surface area contributed by atoms with E-state index in [1.165, 1.54) is 13.2 Å². The highest BCUT2D eigenvalue weighted by molar-refractivity contribution is 7.10. The fourth-order valence-corrected chi connectivity index (χ4v) is 2.75. The van der Waals surface area contributed by atoms with Gasteiger partial charge in [-0.1, -0.05) is 6.07 Å². The van der Waals surface area contributed by atoms with E-state index in [1.807, 2.05) is 24.4 Å². The van der Waals surface area contributed by atoms with Crippen molar-refractivity contribution in [1.29, 1.82) is 0 Å². The number of nitrogens with zero attached hydrogens (tertiary/aromatic N) is 1. The number of nitrogens with one attached hydrogen (secondary N) is 1. The smallest absolute Gasteiger partial charge is 0.254 e. The molecule has 0 unspecified atom stereocenters. The predicted octanol–water partition coefficient (Wildman–Crippen LogP) is 1.59. The molecule has 0 saturated carbocycles. The highest BCUT2D eigenvalue weighted by Crippen LogP contribution is 2.09. The van der Waals surface area contributed by atoms with Gasteiger partial charge in [0.05, 0.1) is 13.5 Å². The van der Waals surface area contributed by atoms with Crippen LogP contribution in [0.2, 0.25) is 0 Å². The molecule has 0 atom stereocenters. The van der Waals surface area contributed by atoms with Crippen molar-refractivity contribution >= 4 is 17.2 Å². The fourth-order valence-electron chi connectivity index (χ4n) is 2.04. The topological polar surface area (TPSA) is 60.3 Å². The summed E-state index contributed by atoms with van der Waals surface area (Å²) in [5.41, 5.74) is 0.686. The van der Waals surface area contributed by atoms with Gasteiger partial charge in [-0.15, -0.1) is 11.3 Å². The Morgan fingerprint density at radius 1 is 1.43 bits per heavy atom. The molecule has 21 heavy (non-hydrogen) atoms. The summed E-state index contributed by atoms with van der Waals surface area (Å²) in [6.07, 6.45) is 0.383. The zero-order valence-corrected chi connectivity index (χ0v) is 12.9. The number of methoxy groups -OCH3 is 1. The Kier molecular flexibility index (Phi) is 5.16. The highest BCUT2D eigenvalue weighted by atomic mass is 32.1. The van der Waals surface area contributed by atoms with Crippen LogP contribution in [0.5, 0.6) is 5.75 Å². The van der Waals surface area contributed by atoms with Crippen molar-refractivity contribution in [2.75, 3.05) is 13.7 Å². The van der Waals surface area contributed by atoms with Gasteiger partial charge in [-0.25, -0.2) is 0 Å². The minimum Gasteiger partial charge on any atom is -0.496 e. The molecule has 0 aliphatic carbocycles. The van der Waals surface area contributed by atoms with E-state index in [9.17, 15) is 9.59 Å². The number of amides is 1. The van der Waals surface area contributed by atoms with Crippen molar-refractivity contribution < 1.29 is 9.53 Å². The average molecular weight is 306 g/mol. The molecule has 2 heterocycles. The van der Waals surface area contributed by atoms with E-state index >= 15 is 0 Å². The second-order valence-electron chi connectivity index (χ2n) is 4.63. The quantitative estimate of drug-likeness (QED) is 0.881. The van der Waals surface area contributed by atoms with Gasteiger partial charge in [0.25, 0.3) is 5.56 Å². The van der Waals surface area contributed by atoms with Gasteiger partial charge < -0.3 is 14.6 Å². The number of thiophene rings is 1. The van der Waals surface area contributed by atoms with Crippen molar-refractivity contribution in [3.63, 3.8) is 0 Å². The van der Waals surface area contributed by atoms with Gasteiger partial charge in [0.2, 0.25) is 5.91 Å². The lowest BCUT2D eigenvalue weighted by molar-refractivity contribution is -0.120. The van der Waals surface area contributed by atoms with Crippen LogP contribution in [-0.4, -0.2) is 24.1 Å². The van der Waals surface area contributed by atoms with Crippen LogP contribution in [0.25, 0.3) is 0 Å². The van der Waals surface area contributed by atoms with Gasteiger partial charge in [0.1, 0.15) is 5.75 Å². The number of pyridine rings is 1. The van der Waals surface area contributed by atoms with Crippen LogP contribution in [0, 0.1) is 6.92 Å². The summed E-state index contributed by atoms with van der Waals surface area (Å²) in [4.78, 5) is 24.7. The molecule has 1 N–H and O–H groups in total. The van der Waals surface area contributed by atoms with Gasteiger partial charge in [-0.3, -0.25) is 9.59 Å². The second kappa shape index (κ2) is 7.08. The van der Waals surface area contributed by atoms with Gasteiger partial charge in [-0.2, -0.15) is 0 Å². The molecule has 0 aliphatic heterocycles. The molecule has 0 spiro atoms. The first kappa shape index (κ1) is 15.3. The normalized spacial score (nSPS) is 10.4. The lowest BCUT2D eigenvalue weighted by atomic mass is 10.3. The van der Waals surface area contributed by atoms with Crippen molar-refractivity contribution in [3.8, 4) is 5.75 Å². The van der Waals surface area contributed by atoms with Crippen molar-refractivity contribution in [1.82, 2.24) is 9.88 Å². The van der Waals surface area contributed by atoms with E-state index < -0.39 is 0 Å². The van der Waals surface area contributed by atoms with Crippen LogP contribution < -0.4 is 15.6 Å². The van der Waals surface area contributed by atoms with E-state index in [-0.39, 0.29) is 11.5 Å². The number of ether oxygens (including phenoxy) is 1. The Hall–Kier alpha value is -2.08. The molecule has 2 aromatic heterocycles. The Balaban J connectivity index is 1.89. The fraction of sp³-hybridized carbons (Fsp3) is 0.333. The number of aryl methyl sites for hydroxylation is 1. The third kappa shape index (κ3) is 4.19. The molecule has 2 aromatic rings. The monoisotopic (exact) mass is 306 g/mol. The maximum atomic E-state index is 11.9. The number of hydrogen-bond donors (Lipinski definition) is 1. The molecule has 0 saturated heterocycles. The van der Waals surface area contributed by atoms with E-state index in [4.69, 9.17) is 4.74 Å². The van der Waals surface area contributed by atoms with Crippen molar-refractivity contribution in [2.45, 2.75) is 19.9 Å². The molecule has 1 amide bonds. The Labute approximate surface area is 127 Å². The van der Waals surface area contributed by atoms with Gasteiger partial charge in [0, 0.05) is 29.7 Å². The standard InChI is InChI=1S/C15H18N2O3S/c1-11-8-12(20-2)9-15(19)17(11)6-5-16-14(18)10-13-4-3-7-21-13/h3-4,7-9H,5-6,10H2,1-2H3,(H,16,18). The average Bonchev–Trinajstić information content (AvgIpc) is 2.94. The molecular weight excluding hydrogens is 288 g/mol. The first-order chi connectivity index (χ1) is 10.1. The molecule has 0 aromatic carbocycles. The molecule has 0 radical (unpaired) electrons. The van der Waals surface area contributed by atoms with Crippen LogP contribution in [0.3, 0.4) is 0 Å². The second-order valence-corrected chi connectivity index (χ2v) is 5.66. The van der Waals surface area contributed by atoms with E-state index in [0.717, 1.165) is 10.6 Å². The highest BCUT2D eigenvalue weighted by Gasteiger charge is 2.06. The number of rotatable bonds is 6. The lowest BCUT2D eigenvalue weighted by Gasteiger charge is -2.11. The van der Waals surface area contributed by atoms with Gasteiger partial charge >= 0.3 is 0 Å². The van der Waals surface area contributed by atoms with Crippen molar-refractivity contribution in [3.05, 3.63) is 50.6 Å². The van der Waals surface area contributed by atoms with Crippen LogP contribution in [0.4, 0.5) is 0 Å². The summed E-state index contributed by atoms with van der Waals surface area (Å²) < 4.78 is 6.67. The molecular formula is C15H18N2O3S. The van der Waals surface area contributed by atoms with E-state index in [2.05, 4.69) is 5.32 Å². The predicted molar refractivity (Wildman–Crippen MR) is 83.0 cm³/mol. The van der Waals surface area contributed by atoms with Gasteiger partial charge in [0.15, 0.2) is 0 Å². The first-order valence-electron chi connectivity index (χ1n) is 6.64. The van der Waals surface area contributed by atoms with Crippen LogP contribution in [-0.2, 0) is 17.8 Å².